The second kappa shape index (κ2) is 9.02. The first-order chi connectivity index (χ1) is 12.0. The minimum absolute atomic E-state index is 0.134. The minimum atomic E-state index is -0.363. The van der Waals surface area contributed by atoms with Gasteiger partial charge in [-0.3, -0.25) is 9.59 Å². The average Bonchev–Trinajstić information content (AvgIpc) is 2.63. The molecule has 0 aromatic heterocycles. The summed E-state index contributed by atoms with van der Waals surface area (Å²) < 4.78 is 5.30. The van der Waals surface area contributed by atoms with Crippen LogP contribution >= 0.6 is 0 Å². The fourth-order valence-electron chi connectivity index (χ4n) is 2.72. The molecule has 0 bridgehead atoms. The van der Waals surface area contributed by atoms with Gasteiger partial charge in [0, 0.05) is 5.69 Å². The Balaban J connectivity index is 1.99. The number of amides is 1. The molecular weight excluding hydrogens is 314 g/mol. The number of benzene rings is 2. The van der Waals surface area contributed by atoms with Gasteiger partial charge >= 0.3 is 5.97 Å². The molecule has 2 aromatic rings. The van der Waals surface area contributed by atoms with Gasteiger partial charge in [-0.05, 0) is 30.0 Å². The molecule has 1 amide bonds. The number of aryl methyl sites for hydroxylation is 1. The van der Waals surface area contributed by atoms with E-state index >= 15 is 0 Å². The molecule has 4 nitrogen and oxygen atoms in total. The maximum absolute atomic E-state index is 12.6. The summed E-state index contributed by atoms with van der Waals surface area (Å²) >= 11 is 0. The largest absolute Gasteiger partial charge is 0.455 e. The summed E-state index contributed by atoms with van der Waals surface area (Å²) in [6, 6.07) is 17.1. The van der Waals surface area contributed by atoms with Crippen LogP contribution < -0.4 is 5.32 Å². The summed E-state index contributed by atoms with van der Waals surface area (Å²) in [5.74, 6) is -0.925. The maximum Gasteiger partial charge on any atom is 0.314 e. The van der Waals surface area contributed by atoms with E-state index < -0.39 is 0 Å². The van der Waals surface area contributed by atoms with Crippen LogP contribution in [-0.2, 0) is 14.3 Å². The number of carbonyl (C=O) groups is 2. The van der Waals surface area contributed by atoms with Gasteiger partial charge in [0.2, 0.25) is 0 Å². The highest BCUT2D eigenvalue weighted by atomic mass is 16.5. The standard InChI is InChI=1S/C21H25NO3/c1-4-15(2)20(17-11-6-5-7-12-17)21(24)25-14-19(23)22-18-13-9-8-10-16(18)3/h5-13,15,20H,4,14H2,1-3H3,(H,22,23)/t15-,20-/m0/s1. The Kier molecular flexibility index (Phi) is 6.75. The predicted octanol–water partition coefficient (Wildman–Crippen LogP) is 4.31. The number of hydrogen-bond donors (Lipinski definition) is 1. The van der Waals surface area contributed by atoms with Gasteiger partial charge in [0.1, 0.15) is 0 Å². The molecular formula is C21H25NO3. The predicted molar refractivity (Wildman–Crippen MR) is 99.4 cm³/mol. The number of para-hydroxylation sites is 1. The van der Waals surface area contributed by atoms with Crippen LogP contribution in [0.2, 0.25) is 0 Å². The van der Waals surface area contributed by atoms with E-state index in [9.17, 15) is 9.59 Å². The molecule has 132 valence electrons. The Hall–Kier alpha value is -2.62. The molecule has 2 aromatic carbocycles. The van der Waals surface area contributed by atoms with Gasteiger partial charge in [0.15, 0.2) is 6.61 Å². The van der Waals surface area contributed by atoms with Crippen LogP contribution in [0.1, 0.15) is 37.3 Å². The lowest BCUT2D eigenvalue weighted by molar-refractivity contribution is -0.150. The van der Waals surface area contributed by atoms with Gasteiger partial charge in [0.25, 0.3) is 5.91 Å². The molecule has 0 fully saturated rings. The molecule has 2 rings (SSSR count). The quantitative estimate of drug-likeness (QED) is 0.765. The summed E-state index contributed by atoms with van der Waals surface area (Å²) in [6.07, 6.45) is 0.851. The molecule has 2 atom stereocenters. The highest BCUT2D eigenvalue weighted by Crippen LogP contribution is 2.28. The molecule has 0 spiro atoms. The summed E-state index contributed by atoms with van der Waals surface area (Å²) in [5, 5.41) is 2.77. The molecule has 4 heteroatoms. The Bertz CT molecular complexity index is 712. The smallest absolute Gasteiger partial charge is 0.314 e. The molecule has 0 aliphatic carbocycles. The van der Waals surface area contributed by atoms with Crippen LogP contribution in [0, 0.1) is 12.8 Å². The molecule has 0 aliphatic heterocycles. The Morgan fingerprint density at radius 1 is 1.04 bits per heavy atom. The summed E-state index contributed by atoms with van der Waals surface area (Å²) in [7, 11) is 0. The SMILES string of the molecule is CC[C@H](C)[C@H](C(=O)OCC(=O)Nc1ccccc1C)c1ccccc1. The molecule has 0 unspecified atom stereocenters. The zero-order valence-electron chi connectivity index (χ0n) is 15.0. The number of nitrogens with one attached hydrogen (secondary N) is 1. The van der Waals surface area contributed by atoms with Crippen molar-refractivity contribution < 1.29 is 14.3 Å². The van der Waals surface area contributed by atoms with E-state index in [-0.39, 0.29) is 30.3 Å². The number of hydrogen-bond acceptors (Lipinski definition) is 3. The van der Waals surface area contributed by atoms with Gasteiger partial charge < -0.3 is 10.1 Å². The van der Waals surface area contributed by atoms with Crippen LogP contribution in [0.5, 0.6) is 0 Å². The highest BCUT2D eigenvalue weighted by Gasteiger charge is 2.27. The lowest BCUT2D eigenvalue weighted by Gasteiger charge is -2.21. The molecule has 25 heavy (non-hydrogen) atoms. The molecule has 0 aliphatic rings. The van der Waals surface area contributed by atoms with Crippen molar-refractivity contribution in [3.05, 3.63) is 65.7 Å². The number of rotatable bonds is 7. The van der Waals surface area contributed by atoms with Gasteiger partial charge in [-0.1, -0.05) is 68.8 Å². The van der Waals surface area contributed by atoms with E-state index in [1.54, 1.807) is 0 Å². The summed E-state index contributed by atoms with van der Waals surface area (Å²) in [6.45, 7) is 5.69. The van der Waals surface area contributed by atoms with E-state index in [4.69, 9.17) is 4.74 Å². The third-order valence-corrected chi connectivity index (χ3v) is 4.39. The Labute approximate surface area is 149 Å². The minimum Gasteiger partial charge on any atom is -0.455 e. The lowest BCUT2D eigenvalue weighted by Crippen LogP contribution is -2.27. The van der Waals surface area contributed by atoms with E-state index in [1.807, 2.05) is 75.4 Å². The summed E-state index contributed by atoms with van der Waals surface area (Å²) in [5.41, 5.74) is 2.61. The van der Waals surface area contributed by atoms with E-state index in [0.29, 0.717) is 0 Å². The van der Waals surface area contributed by atoms with Crippen molar-refractivity contribution in [1.82, 2.24) is 0 Å². The number of carbonyl (C=O) groups excluding carboxylic acids is 2. The molecule has 0 saturated heterocycles. The van der Waals surface area contributed by atoms with Crippen molar-refractivity contribution in [2.75, 3.05) is 11.9 Å². The normalized spacial score (nSPS) is 12.9. The molecule has 1 N–H and O–H groups in total. The maximum atomic E-state index is 12.6. The van der Waals surface area contributed by atoms with Crippen LogP contribution in [0.3, 0.4) is 0 Å². The fraction of sp³-hybridized carbons (Fsp3) is 0.333. The molecule has 0 saturated carbocycles. The molecule has 0 radical (unpaired) electrons. The van der Waals surface area contributed by atoms with E-state index in [1.165, 1.54) is 0 Å². The Morgan fingerprint density at radius 3 is 2.32 bits per heavy atom. The van der Waals surface area contributed by atoms with Crippen molar-refractivity contribution >= 4 is 17.6 Å². The topological polar surface area (TPSA) is 55.4 Å². The third kappa shape index (κ3) is 5.18. The zero-order valence-corrected chi connectivity index (χ0v) is 15.0. The van der Waals surface area contributed by atoms with E-state index in [2.05, 4.69) is 5.32 Å². The highest BCUT2D eigenvalue weighted by molar-refractivity contribution is 5.93. The second-order valence-corrected chi connectivity index (χ2v) is 6.24. The van der Waals surface area contributed by atoms with Gasteiger partial charge in [-0.25, -0.2) is 0 Å². The van der Waals surface area contributed by atoms with Crippen molar-refractivity contribution in [3.63, 3.8) is 0 Å². The van der Waals surface area contributed by atoms with Crippen LogP contribution in [0.25, 0.3) is 0 Å². The number of esters is 1. The van der Waals surface area contributed by atoms with Crippen molar-refractivity contribution in [3.8, 4) is 0 Å². The number of anilines is 1. The zero-order chi connectivity index (χ0) is 18.2. The summed E-state index contributed by atoms with van der Waals surface area (Å²) in [4.78, 5) is 24.6. The van der Waals surface area contributed by atoms with E-state index in [0.717, 1.165) is 23.2 Å². The Morgan fingerprint density at radius 2 is 1.68 bits per heavy atom. The van der Waals surface area contributed by atoms with Crippen LogP contribution in [-0.4, -0.2) is 18.5 Å². The van der Waals surface area contributed by atoms with Crippen LogP contribution in [0.4, 0.5) is 5.69 Å². The van der Waals surface area contributed by atoms with Gasteiger partial charge in [-0.2, -0.15) is 0 Å². The second-order valence-electron chi connectivity index (χ2n) is 6.24. The lowest BCUT2D eigenvalue weighted by atomic mass is 9.86. The fourth-order valence-corrected chi connectivity index (χ4v) is 2.72. The van der Waals surface area contributed by atoms with Gasteiger partial charge in [-0.15, -0.1) is 0 Å². The number of ether oxygens (including phenoxy) is 1. The molecule has 0 heterocycles. The van der Waals surface area contributed by atoms with Crippen molar-refractivity contribution in [1.29, 1.82) is 0 Å². The third-order valence-electron chi connectivity index (χ3n) is 4.39. The monoisotopic (exact) mass is 339 g/mol. The van der Waals surface area contributed by atoms with Crippen LogP contribution in [0.15, 0.2) is 54.6 Å². The van der Waals surface area contributed by atoms with Crippen molar-refractivity contribution in [2.45, 2.75) is 33.1 Å². The first-order valence-electron chi connectivity index (χ1n) is 8.60. The first-order valence-corrected chi connectivity index (χ1v) is 8.60. The average molecular weight is 339 g/mol. The first kappa shape index (κ1) is 18.7. The van der Waals surface area contributed by atoms with Crippen molar-refractivity contribution in [2.24, 2.45) is 5.92 Å². The van der Waals surface area contributed by atoms with Gasteiger partial charge in [0.05, 0.1) is 5.92 Å².